The smallest absolute Gasteiger partial charge is 0.425 e. The molecule has 4 heterocycles. The predicted molar refractivity (Wildman–Crippen MR) is 202 cm³/mol. The molecule has 0 radical (unpaired) electrons. The number of halogens is 6. The SMILES string of the molecule is CCCC1N(C(=O)c2ncccc2C(F)(F)F)CCCC1(Oc1csc(C(F)(F)F)c1)C(=O)N1CCC(O)(c2ccccc2OC2CCC(C(=O)NS(C)(=O)=O)C2)CC1. The third kappa shape index (κ3) is 9.64. The van der Waals surface area contributed by atoms with Gasteiger partial charge in [0.2, 0.25) is 21.5 Å². The highest BCUT2D eigenvalue weighted by atomic mass is 32.2. The van der Waals surface area contributed by atoms with Crippen LogP contribution in [0, 0.1) is 5.92 Å². The molecule has 3 aromatic rings. The monoisotopic (exact) mass is 874 g/mol. The Morgan fingerprint density at radius 1 is 1.00 bits per heavy atom. The molecular weight excluding hydrogens is 831 g/mol. The number of carbonyl (C=O) groups is 3. The molecule has 12 nitrogen and oxygen atoms in total. The number of ether oxygens (including phenoxy) is 2. The molecule has 2 aliphatic heterocycles. The lowest BCUT2D eigenvalue weighted by molar-refractivity contribution is -0.163. The fraction of sp³-hybridized carbons (Fsp3) is 0.538. The number of nitrogens with one attached hydrogen (secondary N) is 1. The minimum absolute atomic E-state index is 0.0279. The average Bonchev–Trinajstić information content (AvgIpc) is 3.85. The third-order valence-electron chi connectivity index (χ3n) is 11.1. The maximum atomic E-state index is 15.0. The molecule has 3 fully saturated rings. The molecule has 20 heteroatoms. The summed E-state index contributed by atoms with van der Waals surface area (Å²) in [6.45, 7) is 1.51. The van der Waals surface area contributed by atoms with Crippen LogP contribution in [0.3, 0.4) is 0 Å². The fourth-order valence-corrected chi connectivity index (χ4v) is 9.59. The molecule has 4 unspecified atom stereocenters. The number of benzene rings is 1. The summed E-state index contributed by atoms with van der Waals surface area (Å²) in [5.74, 6) is -2.98. The van der Waals surface area contributed by atoms with E-state index in [-0.39, 0.29) is 63.9 Å². The van der Waals surface area contributed by atoms with Gasteiger partial charge in [-0.2, -0.15) is 26.3 Å². The minimum Gasteiger partial charge on any atom is -0.490 e. The largest absolute Gasteiger partial charge is 0.490 e. The molecule has 3 amide bonds. The van der Waals surface area contributed by atoms with Gasteiger partial charge in [-0.15, -0.1) is 11.3 Å². The van der Waals surface area contributed by atoms with Gasteiger partial charge >= 0.3 is 12.4 Å². The van der Waals surface area contributed by atoms with Gasteiger partial charge in [-0.05, 0) is 63.1 Å². The minimum atomic E-state index is -4.94. The number of aliphatic hydroxyl groups is 1. The van der Waals surface area contributed by atoms with Crippen molar-refractivity contribution in [2.75, 3.05) is 25.9 Å². The number of amides is 3. The average molecular weight is 875 g/mol. The van der Waals surface area contributed by atoms with E-state index >= 15 is 0 Å². The number of rotatable bonds is 11. The molecule has 2 aromatic heterocycles. The van der Waals surface area contributed by atoms with Gasteiger partial charge in [-0.25, -0.2) is 8.42 Å². The Kier molecular flexibility index (Phi) is 12.6. The molecule has 2 saturated heterocycles. The first-order valence-corrected chi connectivity index (χ1v) is 21.9. The van der Waals surface area contributed by atoms with E-state index in [4.69, 9.17) is 9.47 Å². The van der Waals surface area contributed by atoms with Crippen LogP contribution >= 0.6 is 11.3 Å². The van der Waals surface area contributed by atoms with Crippen LogP contribution in [0.5, 0.6) is 11.5 Å². The van der Waals surface area contributed by atoms with Crippen molar-refractivity contribution < 1.29 is 63.7 Å². The van der Waals surface area contributed by atoms with E-state index in [2.05, 4.69) is 4.98 Å². The highest BCUT2D eigenvalue weighted by Gasteiger charge is 2.57. The summed E-state index contributed by atoms with van der Waals surface area (Å²) in [5, 5.41) is 13.2. The van der Waals surface area contributed by atoms with Gasteiger partial charge in [-0.1, -0.05) is 31.5 Å². The Morgan fingerprint density at radius 2 is 1.71 bits per heavy atom. The van der Waals surface area contributed by atoms with Crippen molar-refractivity contribution >= 4 is 39.1 Å². The van der Waals surface area contributed by atoms with Gasteiger partial charge in [0.1, 0.15) is 22.1 Å². The van der Waals surface area contributed by atoms with E-state index in [0.717, 1.165) is 40.9 Å². The molecule has 322 valence electrons. The molecule has 0 spiro atoms. The van der Waals surface area contributed by atoms with Crippen LogP contribution < -0.4 is 14.2 Å². The van der Waals surface area contributed by atoms with Gasteiger partial charge < -0.3 is 24.4 Å². The van der Waals surface area contributed by atoms with Crippen LogP contribution in [-0.4, -0.2) is 89.7 Å². The van der Waals surface area contributed by atoms with Gasteiger partial charge in [0.05, 0.1) is 29.6 Å². The van der Waals surface area contributed by atoms with Crippen LogP contribution in [0.2, 0.25) is 0 Å². The number of hydrogen-bond donors (Lipinski definition) is 2. The number of aromatic nitrogens is 1. The van der Waals surface area contributed by atoms with Crippen molar-refractivity contribution in [3.8, 4) is 11.5 Å². The molecule has 4 atom stereocenters. The number of thiophene rings is 1. The zero-order valence-corrected chi connectivity index (χ0v) is 33.8. The normalized spacial score (nSPS) is 23.8. The van der Waals surface area contributed by atoms with Crippen molar-refractivity contribution in [3.05, 3.63) is 75.7 Å². The third-order valence-corrected chi connectivity index (χ3v) is 12.6. The van der Waals surface area contributed by atoms with Crippen LogP contribution in [0.15, 0.2) is 54.0 Å². The van der Waals surface area contributed by atoms with E-state index in [1.54, 1.807) is 31.2 Å². The Hall–Kier alpha value is -4.43. The van der Waals surface area contributed by atoms with E-state index < -0.39 is 85.5 Å². The molecule has 1 saturated carbocycles. The number of piperidine rings is 2. The van der Waals surface area contributed by atoms with E-state index in [9.17, 15) is 54.3 Å². The first kappa shape index (κ1) is 44.1. The quantitative estimate of drug-likeness (QED) is 0.205. The van der Waals surface area contributed by atoms with Crippen molar-refractivity contribution in [1.29, 1.82) is 0 Å². The second-order valence-corrected chi connectivity index (χ2v) is 17.9. The molecule has 2 N–H and O–H groups in total. The Morgan fingerprint density at radius 3 is 2.36 bits per heavy atom. The number of carbonyl (C=O) groups excluding carboxylic acids is 3. The van der Waals surface area contributed by atoms with Crippen LogP contribution in [0.1, 0.15) is 91.2 Å². The molecule has 3 aliphatic rings. The number of para-hydroxylation sites is 1. The Labute approximate surface area is 340 Å². The summed E-state index contributed by atoms with van der Waals surface area (Å²) < 4.78 is 121. The first-order valence-electron chi connectivity index (χ1n) is 19.1. The van der Waals surface area contributed by atoms with Crippen LogP contribution in [0.25, 0.3) is 0 Å². The molecule has 59 heavy (non-hydrogen) atoms. The van der Waals surface area contributed by atoms with Crippen LogP contribution in [-0.2, 0) is 37.6 Å². The standard InChI is InChI=1S/C39H44F6N4O8S2/c1-3-8-30-37(57-26-22-31(58-23-26)39(43,44)45,14-7-18-49(30)34(51)32-28(38(40,41)42)10-6-17-46-32)35(52)48-19-15-36(53,16-20-48)27-9-4-5-11-29(27)56-25-13-12-24(21-25)33(50)47-59(2,54)55/h4-6,9-11,17,22-25,30,53H,3,7-8,12-16,18-21H2,1-2H3,(H,47,50). The van der Waals surface area contributed by atoms with Gasteiger partial charge in [0.15, 0.2) is 0 Å². The lowest BCUT2D eigenvalue weighted by Gasteiger charge is -2.51. The van der Waals surface area contributed by atoms with Crippen molar-refractivity contribution in [3.63, 3.8) is 0 Å². The van der Waals surface area contributed by atoms with Crippen molar-refractivity contribution in [1.82, 2.24) is 19.5 Å². The zero-order valence-electron chi connectivity index (χ0n) is 32.1. The Bertz CT molecular complexity index is 2140. The predicted octanol–water partition coefficient (Wildman–Crippen LogP) is 6.54. The summed E-state index contributed by atoms with van der Waals surface area (Å²) in [6.07, 6.45) is -6.83. The van der Waals surface area contributed by atoms with E-state index in [1.165, 1.54) is 4.90 Å². The molecule has 6 rings (SSSR count). The summed E-state index contributed by atoms with van der Waals surface area (Å²) in [5.41, 5.74) is -5.31. The summed E-state index contributed by atoms with van der Waals surface area (Å²) in [6, 6.07) is 8.02. The number of nitrogens with zero attached hydrogens (tertiary/aromatic N) is 3. The van der Waals surface area contributed by atoms with Gasteiger partial charge in [0.25, 0.3) is 11.8 Å². The maximum absolute atomic E-state index is 15.0. The number of pyridine rings is 1. The summed E-state index contributed by atoms with van der Waals surface area (Å²) >= 11 is 0.348. The van der Waals surface area contributed by atoms with Crippen molar-refractivity contribution in [2.24, 2.45) is 5.92 Å². The van der Waals surface area contributed by atoms with Crippen molar-refractivity contribution in [2.45, 2.75) is 100 Å². The summed E-state index contributed by atoms with van der Waals surface area (Å²) in [4.78, 5) is 46.8. The number of likely N-dealkylation sites (tertiary alicyclic amines) is 2. The lowest BCUT2D eigenvalue weighted by atomic mass is 9.78. The number of alkyl halides is 6. The van der Waals surface area contributed by atoms with E-state index in [1.807, 2.05) is 4.72 Å². The molecule has 0 bridgehead atoms. The van der Waals surface area contributed by atoms with E-state index in [0.29, 0.717) is 41.9 Å². The molecular formula is C39H44F6N4O8S2. The summed E-state index contributed by atoms with van der Waals surface area (Å²) in [7, 11) is -3.75. The Balaban J connectivity index is 1.27. The molecule has 1 aromatic carbocycles. The van der Waals surface area contributed by atoms with Gasteiger partial charge in [0, 0.05) is 55.2 Å². The zero-order chi connectivity index (χ0) is 43.0. The number of sulfonamides is 1. The fourth-order valence-electron chi connectivity index (χ4n) is 8.38. The molecule has 1 aliphatic carbocycles. The second-order valence-electron chi connectivity index (χ2n) is 15.2. The van der Waals surface area contributed by atoms with Crippen LogP contribution in [0.4, 0.5) is 26.3 Å². The first-order chi connectivity index (χ1) is 27.6. The highest BCUT2D eigenvalue weighted by Crippen LogP contribution is 2.45. The second kappa shape index (κ2) is 16.9. The highest BCUT2D eigenvalue weighted by molar-refractivity contribution is 7.89. The number of hydrogen-bond acceptors (Lipinski definition) is 10. The maximum Gasteiger partial charge on any atom is 0.425 e. The van der Waals surface area contributed by atoms with Gasteiger partial charge in [-0.3, -0.25) is 24.1 Å². The lowest BCUT2D eigenvalue weighted by Crippen LogP contribution is -2.68. The topological polar surface area (TPSA) is 155 Å².